The molecule has 0 saturated carbocycles. The van der Waals surface area contributed by atoms with Gasteiger partial charge in [0.1, 0.15) is 13.2 Å². The zero-order valence-electron chi connectivity index (χ0n) is 24.5. The zero-order chi connectivity index (χ0) is 32.5. The number of carbonyl (C=O) groups excluding carboxylic acids is 2. The zero-order valence-corrected chi connectivity index (χ0v) is 27.6. The molecule has 0 aromatic heterocycles. The molecule has 4 N–H and O–H groups in total. The summed E-state index contributed by atoms with van der Waals surface area (Å²) in [6, 6.07) is 14.6. The van der Waals surface area contributed by atoms with Gasteiger partial charge in [-0.05, 0) is 71.2 Å². The van der Waals surface area contributed by atoms with Crippen LogP contribution in [0.1, 0.15) is 36.6 Å². The van der Waals surface area contributed by atoms with E-state index in [4.69, 9.17) is 42.1 Å². The second-order valence-electron chi connectivity index (χ2n) is 9.61. The number of nitrogens with zero attached hydrogens (tertiary/aromatic N) is 1. The van der Waals surface area contributed by atoms with Crippen molar-refractivity contribution in [3.8, 4) is 17.2 Å². The Morgan fingerprint density at radius 2 is 1.89 bits per heavy atom. The Hall–Kier alpha value is -3.97. The fraction of sp³-hybridized carbons (Fsp3) is 0.258. The van der Waals surface area contributed by atoms with Crippen molar-refractivity contribution < 1.29 is 33.6 Å². The maximum Gasteiger partial charge on any atom is 0.337 e. The van der Waals surface area contributed by atoms with E-state index in [1.54, 1.807) is 50.2 Å². The molecule has 4 rings (SSSR count). The fourth-order valence-corrected chi connectivity index (χ4v) is 5.56. The number of methoxy groups -OCH3 is 1. The first kappa shape index (κ1) is 33.9. The van der Waals surface area contributed by atoms with Gasteiger partial charge in [0.2, 0.25) is 0 Å². The van der Waals surface area contributed by atoms with Crippen molar-refractivity contribution >= 4 is 57.3 Å². The van der Waals surface area contributed by atoms with Crippen LogP contribution in [0.2, 0.25) is 10.0 Å². The third kappa shape index (κ3) is 8.82. The lowest BCUT2D eigenvalue weighted by molar-refractivity contribution is -0.136. The van der Waals surface area contributed by atoms with Gasteiger partial charge < -0.3 is 34.7 Å². The molecule has 0 fully saturated rings. The third-order valence-electron chi connectivity index (χ3n) is 6.46. The Kier molecular flexibility index (Phi) is 11.9. The van der Waals surface area contributed by atoms with Crippen LogP contribution in [-0.4, -0.2) is 49.9 Å². The van der Waals surface area contributed by atoms with E-state index in [9.17, 15) is 14.7 Å². The Bertz CT molecular complexity index is 1600. The Morgan fingerprint density at radius 3 is 2.60 bits per heavy atom. The average Bonchev–Trinajstić information content (AvgIpc) is 3.00. The molecule has 2 amide bonds. The van der Waals surface area contributed by atoms with E-state index in [0.29, 0.717) is 55.2 Å². The molecule has 1 aliphatic heterocycles. The number of benzene rings is 3. The first-order chi connectivity index (χ1) is 21.6. The molecular formula is C31H31BrCl2N4O7. The molecule has 0 saturated heterocycles. The molecule has 14 heteroatoms. The van der Waals surface area contributed by atoms with E-state index < -0.39 is 24.3 Å². The molecule has 238 valence electrons. The summed E-state index contributed by atoms with van der Waals surface area (Å²) in [6.45, 7) is 3.82. The van der Waals surface area contributed by atoms with Crippen LogP contribution in [-0.2, 0) is 16.1 Å². The van der Waals surface area contributed by atoms with E-state index in [2.05, 4.69) is 37.1 Å². The second-order valence-corrected chi connectivity index (χ2v) is 11.3. The van der Waals surface area contributed by atoms with Crippen molar-refractivity contribution in [3.63, 3.8) is 0 Å². The lowest BCUT2D eigenvalue weighted by Gasteiger charge is -2.28. The number of ether oxygens (including phenoxy) is 4. The van der Waals surface area contributed by atoms with Gasteiger partial charge in [0.05, 0.1) is 41.0 Å². The number of aliphatic hydroxyl groups is 1. The van der Waals surface area contributed by atoms with Crippen molar-refractivity contribution in [3.05, 3.63) is 97.1 Å². The van der Waals surface area contributed by atoms with Crippen molar-refractivity contribution in [1.29, 1.82) is 0 Å². The van der Waals surface area contributed by atoms with Crippen LogP contribution in [0, 0.1) is 0 Å². The fourth-order valence-electron chi connectivity index (χ4n) is 4.38. The van der Waals surface area contributed by atoms with Crippen molar-refractivity contribution in [2.45, 2.75) is 32.7 Å². The maximum absolute atomic E-state index is 12.4. The predicted octanol–water partition coefficient (Wildman–Crippen LogP) is 5.86. The molecule has 11 nitrogen and oxygen atoms in total. The third-order valence-corrected chi connectivity index (χ3v) is 7.70. The van der Waals surface area contributed by atoms with Gasteiger partial charge in [0.25, 0.3) is 0 Å². The number of nitrogens with one attached hydrogen (secondary N) is 3. The molecule has 45 heavy (non-hydrogen) atoms. The highest BCUT2D eigenvalue weighted by Crippen LogP contribution is 2.36. The normalized spacial score (nSPS) is 15.3. The van der Waals surface area contributed by atoms with Gasteiger partial charge >= 0.3 is 12.0 Å². The molecule has 2 atom stereocenters. The minimum atomic E-state index is -1.17. The van der Waals surface area contributed by atoms with Crippen molar-refractivity contribution in [2.24, 2.45) is 5.10 Å². The molecule has 3 aromatic carbocycles. The minimum absolute atomic E-state index is 0.174. The molecule has 1 aliphatic rings. The maximum atomic E-state index is 12.4. The molecule has 0 spiro atoms. The van der Waals surface area contributed by atoms with E-state index in [1.165, 1.54) is 13.3 Å². The van der Waals surface area contributed by atoms with Crippen LogP contribution >= 0.6 is 39.1 Å². The van der Waals surface area contributed by atoms with E-state index in [-0.39, 0.29) is 18.8 Å². The van der Waals surface area contributed by atoms with Crippen LogP contribution in [0.5, 0.6) is 17.2 Å². The topological polar surface area (TPSA) is 140 Å². The van der Waals surface area contributed by atoms with Crippen molar-refractivity contribution in [2.75, 3.05) is 20.3 Å². The Morgan fingerprint density at radius 1 is 1.11 bits per heavy atom. The molecule has 0 bridgehead atoms. The quantitative estimate of drug-likeness (QED) is 0.0746. The Balaban J connectivity index is 1.37. The number of aliphatic hydroxyl groups excluding tert-OH is 1. The largest absolute Gasteiger partial charge is 0.490 e. The molecule has 0 unspecified atom stereocenters. The number of allylic oxidation sites excluding steroid dienone is 1. The first-order valence-electron chi connectivity index (χ1n) is 13.7. The number of esters is 1. The summed E-state index contributed by atoms with van der Waals surface area (Å²) in [6.07, 6.45) is 0.313. The number of halogens is 3. The van der Waals surface area contributed by atoms with Gasteiger partial charge in [-0.2, -0.15) is 5.10 Å². The smallest absolute Gasteiger partial charge is 0.337 e. The monoisotopic (exact) mass is 720 g/mol. The number of carbonyl (C=O) groups is 2. The second kappa shape index (κ2) is 15.8. The summed E-state index contributed by atoms with van der Waals surface area (Å²) in [5, 5.41) is 20.8. The van der Waals surface area contributed by atoms with Gasteiger partial charge in [0, 0.05) is 16.3 Å². The van der Waals surface area contributed by atoms with Gasteiger partial charge in [-0.25, -0.2) is 9.59 Å². The highest BCUT2D eigenvalue weighted by atomic mass is 79.9. The molecular weight excluding hydrogens is 691 g/mol. The van der Waals surface area contributed by atoms with E-state index in [1.807, 2.05) is 18.2 Å². The number of amides is 2. The number of hydrazone groups is 1. The highest BCUT2D eigenvalue weighted by Gasteiger charge is 2.32. The number of rotatable bonds is 13. The van der Waals surface area contributed by atoms with Crippen LogP contribution < -0.4 is 30.3 Å². The van der Waals surface area contributed by atoms with Gasteiger partial charge in [-0.3, -0.25) is 5.43 Å². The molecule has 0 aliphatic carbocycles. The number of hydrogen-bond acceptors (Lipinski definition) is 9. The molecule has 1 heterocycles. The molecule has 0 radical (unpaired) electrons. The molecule has 3 aromatic rings. The lowest BCUT2D eigenvalue weighted by Crippen LogP contribution is -2.45. The predicted molar refractivity (Wildman–Crippen MR) is 174 cm³/mol. The number of hydrogen-bond donors (Lipinski definition) is 4. The Labute approximate surface area is 278 Å². The van der Waals surface area contributed by atoms with Crippen LogP contribution in [0.25, 0.3) is 0 Å². The minimum Gasteiger partial charge on any atom is -0.490 e. The van der Waals surface area contributed by atoms with Crippen LogP contribution in [0.15, 0.2) is 75.4 Å². The van der Waals surface area contributed by atoms with Crippen LogP contribution in [0.4, 0.5) is 4.79 Å². The lowest BCUT2D eigenvalue weighted by atomic mass is 9.95. The summed E-state index contributed by atoms with van der Waals surface area (Å²) in [5.41, 5.74) is 5.30. The summed E-state index contributed by atoms with van der Waals surface area (Å²) in [4.78, 5) is 24.6. The van der Waals surface area contributed by atoms with E-state index >= 15 is 0 Å². The summed E-state index contributed by atoms with van der Waals surface area (Å²) in [5.74, 6) is 0.581. The average molecular weight is 722 g/mol. The summed E-state index contributed by atoms with van der Waals surface area (Å²) in [7, 11) is 1.27. The standard InChI is InChI=1S/C31H31BrCl2N4O7/c1-4-43-25-13-19(28-27(30(40)42-3)17(2)36-31(41)37-28)9-10-24(25)44-16-26(39)38-35-14-18-11-21(32)29(23(34)12-18)45-15-20-7-5-6-8-22(20)33/h5-14,26,28,38-39H,4,15-16H2,1-3H3,(H2,36,37,41)/b35-14-/t26-,28-/m0/s1. The first-order valence-corrected chi connectivity index (χ1v) is 15.2. The summed E-state index contributed by atoms with van der Waals surface area (Å²) >= 11 is 16.1. The van der Waals surface area contributed by atoms with Gasteiger partial charge in [0.15, 0.2) is 23.5 Å². The highest BCUT2D eigenvalue weighted by molar-refractivity contribution is 9.10. The van der Waals surface area contributed by atoms with Crippen molar-refractivity contribution in [1.82, 2.24) is 16.1 Å². The SMILES string of the molecule is CCOc1cc([C@@H]2NC(=O)NC(C)=C2C(=O)OC)ccc1OC[C@H](O)N/N=C\c1cc(Cl)c(OCc2ccccc2Cl)c(Br)c1. The summed E-state index contributed by atoms with van der Waals surface area (Å²) < 4.78 is 22.9. The van der Waals surface area contributed by atoms with Gasteiger partial charge in [-0.15, -0.1) is 0 Å². The number of urea groups is 1. The van der Waals surface area contributed by atoms with Crippen LogP contribution in [0.3, 0.4) is 0 Å². The van der Waals surface area contributed by atoms with Gasteiger partial charge in [-0.1, -0.05) is 47.5 Å². The van der Waals surface area contributed by atoms with E-state index in [0.717, 1.165) is 5.56 Å².